The van der Waals surface area contributed by atoms with Gasteiger partial charge in [0, 0.05) is 11.5 Å². The Balaban J connectivity index is 1.33. The molecule has 4 aliphatic carbocycles. The van der Waals surface area contributed by atoms with Crippen molar-refractivity contribution in [2.75, 3.05) is 13.2 Å². The van der Waals surface area contributed by atoms with E-state index in [1.54, 1.807) is 19.1 Å². The van der Waals surface area contributed by atoms with Crippen molar-refractivity contribution >= 4 is 15.9 Å². The van der Waals surface area contributed by atoms with E-state index in [9.17, 15) is 13.2 Å². The average Bonchev–Trinajstić information content (AvgIpc) is 3.26. The number of aryl methyl sites for hydroxylation is 1. The topological polar surface area (TPSA) is 72.5 Å². The summed E-state index contributed by atoms with van der Waals surface area (Å²) in [5, 5.41) is 3.91. The molecule has 5 fully saturated rings. The third-order valence-electron chi connectivity index (χ3n) is 14.5. The van der Waals surface area contributed by atoms with E-state index in [0.717, 1.165) is 44.2 Å². The summed E-state index contributed by atoms with van der Waals surface area (Å²) in [7, 11) is -3.86. The van der Waals surface area contributed by atoms with Crippen molar-refractivity contribution in [3.8, 4) is 0 Å². The Bertz CT molecular complexity index is 1320. The third-order valence-corrected chi connectivity index (χ3v) is 15.8. The van der Waals surface area contributed by atoms with Crippen LogP contribution in [-0.2, 0) is 19.1 Å². The van der Waals surface area contributed by atoms with Crippen LogP contribution in [0.1, 0.15) is 111 Å². The zero-order valence-corrected chi connectivity index (χ0v) is 28.0. The molecule has 0 spiro atoms. The molecule has 0 bridgehead atoms. The molecule has 4 saturated carbocycles. The van der Waals surface area contributed by atoms with Gasteiger partial charge in [0.25, 0.3) is 10.1 Å². The molecule has 1 aromatic rings. The summed E-state index contributed by atoms with van der Waals surface area (Å²) in [4.78, 5) is 13.4. The molecule has 9 atom stereocenters. The minimum absolute atomic E-state index is 0.00777. The monoisotopic (exact) mass is 597 g/mol. The molecular weight excluding hydrogens is 542 g/mol. The van der Waals surface area contributed by atoms with Gasteiger partial charge >= 0.3 is 0 Å². The van der Waals surface area contributed by atoms with Gasteiger partial charge in [0.1, 0.15) is 5.78 Å². The lowest BCUT2D eigenvalue weighted by atomic mass is 9.33. The van der Waals surface area contributed by atoms with Crippen LogP contribution in [0.4, 0.5) is 0 Å². The maximum Gasteiger partial charge on any atom is 0.296 e. The molecule has 1 saturated heterocycles. The van der Waals surface area contributed by atoms with Gasteiger partial charge in [-0.05, 0) is 156 Å². The van der Waals surface area contributed by atoms with Gasteiger partial charge in [0.15, 0.2) is 0 Å². The first kappa shape index (κ1) is 30.8. The molecule has 1 aromatic carbocycles. The maximum atomic E-state index is 13.3. The van der Waals surface area contributed by atoms with E-state index in [2.05, 4.69) is 39.9 Å². The van der Waals surface area contributed by atoms with Crippen LogP contribution in [0.5, 0.6) is 0 Å². The van der Waals surface area contributed by atoms with Gasteiger partial charge in [0.2, 0.25) is 0 Å². The van der Waals surface area contributed by atoms with Gasteiger partial charge in [-0.3, -0.25) is 8.98 Å². The van der Waals surface area contributed by atoms with Gasteiger partial charge in [-0.25, -0.2) is 0 Å². The highest BCUT2D eigenvalue weighted by Gasteiger charge is 2.70. The summed E-state index contributed by atoms with van der Waals surface area (Å²) >= 11 is 0. The van der Waals surface area contributed by atoms with Crippen LogP contribution in [0, 0.1) is 58.2 Å². The first-order valence-electron chi connectivity index (χ1n) is 16.8. The number of fused-ring (bicyclic) bond motifs is 7. The Morgan fingerprint density at radius 2 is 1.60 bits per heavy atom. The van der Waals surface area contributed by atoms with Crippen LogP contribution < -0.4 is 5.32 Å². The first-order valence-corrected chi connectivity index (χ1v) is 18.2. The predicted octanol–water partition coefficient (Wildman–Crippen LogP) is 7.71. The number of Topliss-reactive ketones (excluding diaryl/α,β-unsaturated/α-hetero) is 1. The summed E-state index contributed by atoms with van der Waals surface area (Å²) in [6.07, 6.45) is 11.2. The molecule has 0 aromatic heterocycles. The molecule has 0 unspecified atom stereocenters. The lowest BCUT2D eigenvalue weighted by Gasteiger charge is -2.71. The quantitative estimate of drug-likeness (QED) is 0.352. The SMILES string of the molecule is CC(=O)[C@@H]1CC[C@]2(COS(=O)(=O)c3ccc(C)cc3)CC[C@]3(C)[C@H](CC[C@@H]4[C@@]5(C)CCCNC(C)(C)[C@@H]5CC[C@]43C)[C@@H]12. The summed E-state index contributed by atoms with van der Waals surface area (Å²) in [5.41, 5.74) is 1.58. The number of carbonyl (C=O) groups is 1. The fourth-order valence-corrected chi connectivity index (χ4v) is 13.3. The van der Waals surface area contributed by atoms with Crippen molar-refractivity contribution in [1.29, 1.82) is 0 Å². The van der Waals surface area contributed by atoms with Crippen molar-refractivity contribution in [1.82, 2.24) is 5.32 Å². The van der Waals surface area contributed by atoms with Crippen molar-refractivity contribution in [2.45, 2.75) is 123 Å². The summed E-state index contributed by atoms with van der Waals surface area (Å²) in [6.45, 7) is 17.7. The van der Waals surface area contributed by atoms with Crippen LogP contribution in [0.3, 0.4) is 0 Å². The predicted molar refractivity (Wildman–Crippen MR) is 167 cm³/mol. The van der Waals surface area contributed by atoms with Crippen LogP contribution in [0.15, 0.2) is 29.2 Å². The summed E-state index contributed by atoms with van der Waals surface area (Å²) in [5.74, 6) is 2.25. The Morgan fingerprint density at radius 1 is 0.881 bits per heavy atom. The second-order valence-corrected chi connectivity index (χ2v) is 18.2. The zero-order chi connectivity index (χ0) is 30.3. The Morgan fingerprint density at radius 3 is 2.29 bits per heavy atom. The number of hydrogen-bond donors (Lipinski definition) is 1. The largest absolute Gasteiger partial charge is 0.311 e. The van der Waals surface area contributed by atoms with Crippen molar-refractivity contribution < 1.29 is 17.4 Å². The highest BCUT2D eigenvalue weighted by molar-refractivity contribution is 7.86. The highest BCUT2D eigenvalue weighted by Crippen LogP contribution is 2.76. The van der Waals surface area contributed by atoms with Crippen molar-refractivity contribution in [2.24, 2.45) is 51.2 Å². The molecule has 5 aliphatic rings. The highest BCUT2D eigenvalue weighted by atomic mass is 32.2. The molecule has 234 valence electrons. The minimum Gasteiger partial charge on any atom is -0.311 e. The number of benzene rings is 1. The Hall–Kier alpha value is -1.24. The number of nitrogens with one attached hydrogen (secondary N) is 1. The standard InChI is InChI=1S/C36H55NO4S/c1-24-9-11-26(12-10-24)42(39,40)41-23-36-19-15-27(25(2)38)31(36)28-13-14-30-33(5)17-8-22-37-32(3,4)29(33)16-18-35(30,7)34(28,6)20-21-36/h9-12,27-31,37H,8,13-23H2,1-7H3/t27-,28+,29-,30+,31+,33-,34+,35+,36+/m0/s1. The molecule has 5 nitrogen and oxygen atoms in total. The number of rotatable bonds is 5. The fourth-order valence-electron chi connectivity index (χ4n) is 12.3. The van der Waals surface area contributed by atoms with Crippen molar-refractivity contribution in [3.05, 3.63) is 29.8 Å². The van der Waals surface area contributed by atoms with E-state index in [-0.39, 0.29) is 50.9 Å². The lowest BCUT2D eigenvalue weighted by Crippen LogP contribution is -2.66. The van der Waals surface area contributed by atoms with Crippen LogP contribution in [0.2, 0.25) is 0 Å². The number of ketones is 1. The Kier molecular flexibility index (Phi) is 7.43. The first-order chi connectivity index (χ1) is 19.6. The second kappa shape index (κ2) is 10.1. The number of carbonyl (C=O) groups excluding carboxylic acids is 1. The van der Waals surface area contributed by atoms with E-state index < -0.39 is 10.1 Å². The molecule has 0 radical (unpaired) electrons. The lowest BCUT2D eigenvalue weighted by molar-refractivity contribution is -0.226. The molecular formula is C36H55NO4S. The third kappa shape index (κ3) is 4.42. The molecule has 6 heteroatoms. The van der Waals surface area contributed by atoms with Gasteiger partial charge < -0.3 is 5.32 Å². The van der Waals surface area contributed by atoms with E-state index >= 15 is 0 Å². The maximum absolute atomic E-state index is 13.3. The molecule has 1 N–H and O–H groups in total. The van der Waals surface area contributed by atoms with E-state index in [1.807, 2.05) is 19.1 Å². The van der Waals surface area contributed by atoms with Crippen molar-refractivity contribution in [3.63, 3.8) is 0 Å². The van der Waals surface area contributed by atoms with Gasteiger partial charge in [-0.2, -0.15) is 8.42 Å². The van der Waals surface area contributed by atoms with Gasteiger partial charge in [-0.15, -0.1) is 0 Å². The van der Waals surface area contributed by atoms with E-state index in [0.29, 0.717) is 23.2 Å². The Labute approximate surface area is 255 Å². The molecule has 1 aliphatic heterocycles. The van der Waals surface area contributed by atoms with Gasteiger partial charge in [-0.1, -0.05) is 38.5 Å². The van der Waals surface area contributed by atoms with Crippen LogP contribution >= 0.6 is 0 Å². The molecule has 1 heterocycles. The average molecular weight is 598 g/mol. The van der Waals surface area contributed by atoms with Crippen LogP contribution in [-0.4, -0.2) is 32.9 Å². The van der Waals surface area contributed by atoms with Crippen LogP contribution in [0.25, 0.3) is 0 Å². The zero-order valence-electron chi connectivity index (χ0n) is 27.2. The summed E-state index contributed by atoms with van der Waals surface area (Å²) < 4.78 is 32.6. The molecule has 42 heavy (non-hydrogen) atoms. The minimum atomic E-state index is -3.86. The van der Waals surface area contributed by atoms with E-state index in [4.69, 9.17) is 4.18 Å². The fraction of sp³-hybridized carbons (Fsp3) is 0.806. The van der Waals surface area contributed by atoms with E-state index in [1.165, 1.54) is 32.1 Å². The normalized spacial score (nSPS) is 44.7. The molecule has 0 amide bonds. The summed E-state index contributed by atoms with van der Waals surface area (Å²) in [6, 6.07) is 6.94. The van der Waals surface area contributed by atoms with Gasteiger partial charge in [0.05, 0.1) is 11.5 Å². The molecule has 6 rings (SSSR count). The smallest absolute Gasteiger partial charge is 0.296 e. The number of hydrogen-bond acceptors (Lipinski definition) is 5. The second-order valence-electron chi connectivity index (χ2n) is 16.6.